The Labute approximate surface area is 233 Å². The second kappa shape index (κ2) is 9.60. The van der Waals surface area contributed by atoms with Crippen LogP contribution in [0.2, 0.25) is 0 Å². The molecule has 1 aromatic heterocycles. The van der Waals surface area contributed by atoms with Crippen LogP contribution in [0.1, 0.15) is 31.5 Å². The zero-order valence-corrected chi connectivity index (χ0v) is 23.1. The van der Waals surface area contributed by atoms with E-state index in [1.54, 1.807) is 35.3 Å². The first-order chi connectivity index (χ1) is 19.1. The number of amides is 1. The predicted molar refractivity (Wildman–Crippen MR) is 153 cm³/mol. The smallest absolute Gasteiger partial charge is 0.274 e. The van der Waals surface area contributed by atoms with Crippen molar-refractivity contribution in [1.82, 2.24) is 20.2 Å². The summed E-state index contributed by atoms with van der Waals surface area (Å²) in [4.78, 5) is 27.5. The highest BCUT2D eigenvalue weighted by molar-refractivity contribution is 6.05. The number of fused-ring (bicyclic) bond motifs is 2. The number of aryl methyl sites for hydroxylation is 1. The van der Waals surface area contributed by atoms with E-state index in [2.05, 4.69) is 34.1 Å². The molecule has 2 saturated heterocycles. The summed E-state index contributed by atoms with van der Waals surface area (Å²) in [6, 6.07) is 8.89. The maximum Gasteiger partial charge on any atom is 0.274 e. The fraction of sp³-hybridized carbons (Fsp3) is 0.414. The Bertz CT molecular complexity index is 1430. The van der Waals surface area contributed by atoms with Gasteiger partial charge in [-0.05, 0) is 63.6 Å². The monoisotopic (exact) mass is 546 g/mol. The number of piperazine rings is 1. The van der Waals surface area contributed by atoms with E-state index in [0.717, 1.165) is 38.2 Å². The van der Waals surface area contributed by atoms with E-state index < -0.39 is 11.3 Å². The van der Waals surface area contributed by atoms with Gasteiger partial charge in [-0.1, -0.05) is 12.1 Å². The van der Waals surface area contributed by atoms with Crippen LogP contribution in [0.5, 0.6) is 0 Å². The molecule has 2 fully saturated rings. The first-order valence-corrected chi connectivity index (χ1v) is 13.6. The standard InChI is InChI=1S/C29H35FN8O2/c1-5-12-37-26(39)21-18-31-27(32-20-7-8-23(22(30)17-20)36-15-13-35(4)14-16-36)34-29(21,3)38(37)24-9-6-19-10-11-28(2,40)25(19)33-24/h5-9,17-18,40H,1,10-16H2,2-4H3,(H2,31,32,34)/t28-,29?/m0/s1. The lowest BCUT2D eigenvalue weighted by molar-refractivity contribution is -0.124. The maximum atomic E-state index is 15.2. The van der Waals surface area contributed by atoms with Crippen LogP contribution in [-0.2, 0) is 16.8 Å². The molecule has 2 atom stereocenters. The van der Waals surface area contributed by atoms with Crippen molar-refractivity contribution in [3.63, 3.8) is 0 Å². The number of hydrogen-bond donors (Lipinski definition) is 3. The van der Waals surface area contributed by atoms with Gasteiger partial charge in [-0.3, -0.25) is 4.79 Å². The predicted octanol–water partition coefficient (Wildman–Crippen LogP) is 2.55. The normalized spacial score (nSPS) is 26.2. The van der Waals surface area contributed by atoms with Gasteiger partial charge in [0, 0.05) is 38.1 Å². The van der Waals surface area contributed by atoms with Crippen molar-refractivity contribution in [1.29, 1.82) is 0 Å². The van der Waals surface area contributed by atoms with Crippen LogP contribution in [0.3, 0.4) is 0 Å². The summed E-state index contributed by atoms with van der Waals surface area (Å²) in [5, 5.41) is 20.4. The SMILES string of the molecule is C=CCN1C(=O)C2=CNC(Nc3ccc(N4CCN(C)CC4)c(F)c3)=NC2(C)N1c1ccc2c(n1)[C@@](C)(O)CC2. The number of anilines is 3. The van der Waals surface area contributed by atoms with Crippen LogP contribution in [0.4, 0.5) is 21.6 Å². The van der Waals surface area contributed by atoms with Gasteiger partial charge < -0.3 is 25.5 Å². The average Bonchev–Trinajstić information content (AvgIpc) is 3.33. The van der Waals surface area contributed by atoms with Gasteiger partial charge in [0.2, 0.25) is 5.96 Å². The second-order valence-electron chi connectivity index (χ2n) is 11.2. The summed E-state index contributed by atoms with van der Waals surface area (Å²) in [7, 11) is 2.07. The van der Waals surface area contributed by atoms with Gasteiger partial charge in [0.05, 0.1) is 23.5 Å². The number of likely N-dealkylation sites (N-methyl/N-ethyl adjacent to an activating group) is 1. The number of hydrazine groups is 1. The molecule has 1 aromatic carbocycles. The van der Waals surface area contributed by atoms with E-state index in [0.29, 0.717) is 40.8 Å². The fourth-order valence-electron chi connectivity index (χ4n) is 5.96. The lowest BCUT2D eigenvalue weighted by atomic mass is 10.0. The highest BCUT2D eigenvalue weighted by Gasteiger charge is 2.54. The van der Waals surface area contributed by atoms with Crippen LogP contribution >= 0.6 is 0 Å². The first-order valence-electron chi connectivity index (χ1n) is 13.6. The molecule has 40 heavy (non-hydrogen) atoms. The quantitative estimate of drug-likeness (QED) is 0.493. The Balaban J connectivity index is 1.31. The van der Waals surface area contributed by atoms with E-state index in [9.17, 15) is 9.90 Å². The summed E-state index contributed by atoms with van der Waals surface area (Å²) in [6.07, 6.45) is 4.62. The highest BCUT2D eigenvalue weighted by atomic mass is 19.1. The van der Waals surface area contributed by atoms with Gasteiger partial charge in [-0.15, -0.1) is 6.58 Å². The number of halogens is 1. The second-order valence-corrected chi connectivity index (χ2v) is 11.2. The van der Waals surface area contributed by atoms with E-state index in [1.165, 1.54) is 6.07 Å². The average molecular weight is 547 g/mol. The van der Waals surface area contributed by atoms with Crippen molar-refractivity contribution in [2.24, 2.45) is 4.99 Å². The number of nitrogens with one attached hydrogen (secondary N) is 2. The number of guanidine groups is 1. The molecule has 1 unspecified atom stereocenters. The summed E-state index contributed by atoms with van der Waals surface area (Å²) in [5.41, 5.74) is 0.980. The van der Waals surface area contributed by atoms with Crippen molar-refractivity contribution >= 4 is 29.1 Å². The number of hydrogen-bond acceptors (Lipinski definition) is 9. The molecule has 0 bridgehead atoms. The van der Waals surface area contributed by atoms with E-state index in [4.69, 9.17) is 9.98 Å². The molecule has 1 aliphatic carbocycles. The summed E-state index contributed by atoms with van der Waals surface area (Å²) in [5.74, 6) is 0.325. The molecule has 210 valence electrons. The third-order valence-corrected chi connectivity index (χ3v) is 8.24. The van der Waals surface area contributed by atoms with Crippen LogP contribution in [-0.4, -0.2) is 77.3 Å². The van der Waals surface area contributed by atoms with Crippen molar-refractivity contribution in [2.75, 3.05) is 55.0 Å². The molecule has 2 aromatic rings. The topological polar surface area (TPSA) is 99.6 Å². The van der Waals surface area contributed by atoms with E-state index >= 15 is 4.39 Å². The number of aromatic nitrogens is 1. The first kappa shape index (κ1) is 26.3. The number of pyridine rings is 1. The van der Waals surface area contributed by atoms with Crippen LogP contribution in [0.15, 0.2) is 59.8 Å². The lowest BCUT2D eigenvalue weighted by Gasteiger charge is -2.38. The molecule has 0 spiro atoms. The van der Waals surface area contributed by atoms with Crippen molar-refractivity contribution in [3.8, 4) is 0 Å². The maximum absolute atomic E-state index is 15.2. The molecule has 6 rings (SSSR count). The number of carbonyl (C=O) groups is 1. The van der Waals surface area contributed by atoms with E-state index in [-0.39, 0.29) is 18.3 Å². The molecular formula is C29H35FN8O2. The minimum atomic E-state index is -1.14. The number of aliphatic imine (C=N–C) groups is 1. The third kappa shape index (κ3) is 4.29. The fourth-order valence-corrected chi connectivity index (χ4v) is 5.96. The molecule has 0 saturated carbocycles. The van der Waals surface area contributed by atoms with Gasteiger partial charge >= 0.3 is 0 Å². The Kier molecular flexibility index (Phi) is 6.30. The Morgan fingerprint density at radius 2 is 1.98 bits per heavy atom. The lowest BCUT2D eigenvalue weighted by Crippen LogP contribution is -2.51. The third-order valence-electron chi connectivity index (χ3n) is 8.24. The van der Waals surface area contributed by atoms with Gasteiger partial charge in [0.25, 0.3) is 5.91 Å². The van der Waals surface area contributed by atoms with Crippen LogP contribution in [0.25, 0.3) is 0 Å². The Morgan fingerprint density at radius 3 is 2.70 bits per heavy atom. The molecule has 4 aliphatic rings. The zero-order valence-electron chi connectivity index (χ0n) is 23.1. The van der Waals surface area contributed by atoms with Crippen molar-refractivity contribution in [3.05, 3.63) is 71.8 Å². The van der Waals surface area contributed by atoms with Gasteiger partial charge in [-0.2, -0.15) is 0 Å². The molecule has 4 heterocycles. The molecule has 11 heteroatoms. The number of nitrogens with zero attached hydrogens (tertiary/aromatic N) is 6. The number of aliphatic hydroxyl groups is 1. The minimum absolute atomic E-state index is 0.227. The Hall–Kier alpha value is -3.96. The van der Waals surface area contributed by atoms with Gasteiger partial charge in [0.1, 0.15) is 17.2 Å². The highest BCUT2D eigenvalue weighted by Crippen LogP contribution is 2.43. The number of rotatable bonds is 5. The summed E-state index contributed by atoms with van der Waals surface area (Å²) in [6.45, 7) is 11.0. The number of benzene rings is 1. The molecule has 3 aliphatic heterocycles. The molecular weight excluding hydrogens is 511 g/mol. The number of carbonyl (C=O) groups excluding carboxylic acids is 1. The van der Waals surface area contributed by atoms with Crippen molar-refractivity contribution in [2.45, 2.75) is 38.0 Å². The van der Waals surface area contributed by atoms with E-state index in [1.807, 2.05) is 25.1 Å². The molecule has 0 radical (unpaired) electrons. The summed E-state index contributed by atoms with van der Waals surface area (Å²) >= 11 is 0. The molecule has 1 amide bonds. The zero-order chi connectivity index (χ0) is 28.2. The Morgan fingerprint density at radius 1 is 1.20 bits per heavy atom. The van der Waals surface area contributed by atoms with Crippen LogP contribution in [0, 0.1) is 5.82 Å². The molecule has 3 N–H and O–H groups in total. The minimum Gasteiger partial charge on any atom is -0.384 e. The van der Waals surface area contributed by atoms with Crippen molar-refractivity contribution < 1.29 is 14.3 Å². The molecule has 10 nitrogen and oxygen atoms in total. The summed E-state index contributed by atoms with van der Waals surface area (Å²) < 4.78 is 15.2. The van der Waals surface area contributed by atoms with Gasteiger partial charge in [-0.25, -0.2) is 24.4 Å². The van der Waals surface area contributed by atoms with Crippen LogP contribution < -0.4 is 20.5 Å². The largest absolute Gasteiger partial charge is 0.384 e. The van der Waals surface area contributed by atoms with Gasteiger partial charge in [0.15, 0.2) is 5.66 Å².